The molecule has 1 aliphatic rings. The highest BCUT2D eigenvalue weighted by atomic mass is 19.4. The lowest BCUT2D eigenvalue weighted by atomic mass is 10.1. The average Bonchev–Trinajstić information content (AvgIpc) is 2.65. The Bertz CT molecular complexity index is 954. The van der Waals surface area contributed by atoms with E-state index in [1.165, 1.54) is 23.2 Å². The number of carbonyl (C=O) groups is 1. The van der Waals surface area contributed by atoms with E-state index in [-0.39, 0.29) is 29.3 Å². The summed E-state index contributed by atoms with van der Waals surface area (Å²) in [6, 6.07) is 9.67. The number of nitrogens with two attached hydrogens (primary N) is 1. The van der Waals surface area contributed by atoms with Crippen molar-refractivity contribution in [1.82, 2.24) is 5.32 Å². The Hall–Kier alpha value is -3.49. The first kappa shape index (κ1) is 19.3. The summed E-state index contributed by atoms with van der Waals surface area (Å²) in [4.78, 5) is 12.4. The molecule has 0 saturated carbocycles. The molecular formula is C19H17F3N4O2. The minimum absolute atomic E-state index is 0.0146. The van der Waals surface area contributed by atoms with Crippen LogP contribution in [0.5, 0.6) is 5.75 Å². The zero-order chi connectivity index (χ0) is 20.3. The van der Waals surface area contributed by atoms with Crippen LogP contribution in [0.25, 0.3) is 0 Å². The number of anilines is 2. The number of hydrogen-bond donors (Lipinski definition) is 3. The lowest BCUT2D eigenvalue weighted by Crippen LogP contribution is -2.34. The van der Waals surface area contributed by atoms with E-state index >= 15 is 0 Å². The number of benzene rings is 2. The predicted molar refractivity (Wildman–Crippen MR) is 99.7 cm³/mol. The fraction of sp³-hybridized carbons (Fsp3) is 0.158. The molecule has 0 spiro atoms. The van der Waals surface area contributed by atoms with Gasteiger partial charge in [-0.3, -0.25) is 9.80 Å². The Labute approximate surface area is 158 Å². The number of carbonyl (C=O) groups excluding carboxylic acids is 1. The van der Waals surface area contributed by atoms with Crippen molar-refractivity contribution in [3.05, 3.63) is 65.7 Å². The van der Waals surface area contributed by atoms with Crippen LogP contribution in [0.1, 0.15) is 11.1 Å². The standard InChI is InChI=1S/C19H17F3N4O2/c20-19(21,22)13-8-12(9-14(23)10-13)11-24-18(28)15-4-3-7-26(25-15)16-5-1-2-6-17(16)27/h1-6,8-10,27H,7,11,23H2,(H,24,28). The van der Waals surface area contributed by atoms with Crippen LogP contribution in [-0.4, -0.2) is 23.3 Å². The van der Waals surface area contributed by atoms with Crippen LogP contribution in [-0.2, 0) is 17.5 Å². The average molecular weight is 390 g/mol. The summed E-state index contributed by atoms with van der Waals surface area (Å²) >= 11 is 0. The monoisotopic (exact) mass is 390 g/mol. The molecule has 0 saturated heterocycles. The van der Waals surface area contributed by atoms with E-state index in [1.54, 1.807) is 24.3 Å². The van der Waals surface area contributed by atoms with E-state index in [2.05, 4.69) is 10.4 Å². The van der Waals surface area contributed by atoms with E-state index in [4.69, 9.17) is 5.73 Å². The van der Waals surface area contributed by atoms with Crippen molar-refractivity contribution in [2.24, 2.45) is 5.10 Å². The number of nitrogens with one attached hydrogen (secondary N) is 1. The molecule has 9 heteroatoms. The second-order valence-corrected chi connectivity index (χ2v) is 6.10. The summed E-state index contributed by atoms with van der Waals surface area (Å²) in [7, 11) is 0. The summed E-state index contributed by atoms with van der Waals surface area (Å²) in [6.07, 6.45) is -1.33. The van der Waals surface area contributed by atoms with Crippen LogP contribution >= 0.6 is 0 Å². The van der Waals surface area contributed by atoms with Gasteiger partial charge < -0.3 is 16.2 Å². The maximum absolute atomic E-state index is 12.9. The van der Waals surface area contributed by atoms with Gasteiger partial charge in [0.05, 0.1) is 12.1 Å². The number of halogens is 3. The van der Waals surface area contributed by atoms with Crippen LogP contribution in [0.3, 0.4) is 0 Å². The predicted octanol–water partition coefficient (Wildman–Crippen LogP) is 3.04. The first-order valence-corrected chi connectivity index (χ1v) is 8.29. The molecule has 0 unspecified atom stereocenters. The molecule has 0 aliphatic carbocycles. The highest BCUT2D eigenvalue weighted by molar-refractivity contribution is 6.43. The van der Waals surface area contributed by atoms with Gasteiger partial charge in [-0.1, -0.05) is 18.2 Å². The number of rotatable bonds is 4. The number of phenolic OH excluding ortho intramolecular Hbond substituents is 1. The molecule has 0 aromatic heterocycles. The number of nitrogens with zero attached hydrogens (tertiary/aromatic N) is 2. The maximum atomic E-state index is 12.9. The first-order valence-electron chi connectivity index (χ1n) is 8.29. The quantitative estimate of drug-likeness (QED) is 0.700. The van der Waals surface area contributed by atoms with E-state index < -0.39 is 17.6 Å². The van der Waals surface area contributed by atoms with Gasteiger partial charge in [-0.05, 0) is 42.0 Å². The highest BCUT2D eigenvalue weighted by Crippen LogP contribution is 2.31. The summed E-state index contributed by atoms with van der Waals surface area (Å²) in [5.41, 5.74) is 5.32. The molecule has 3 rings (SSSR count). The molecule has 2 aromatic rings. The van der Waals surface area contributed by atoms with Crippen molar-refractivity contribution >= 4 is 23.0 Å². The Kier molecular flexibility index (Phi) is 5.25. The Morgan fingerprint density at radius 1 is 1.25 bits per heavy atom. The van der Waals surface area contributed by atoms with Crippen molar-refractivity contribution in [2.75, 3.05) is 17.3 Å². The minimum Gasteiger partial charge on any atom is -0.506 e. The second kappa shape index (κ2) is 7.63. The Balaban J connectivity index is 1.72. The third-order valence-electron chi connectivity index (χ3n) is 3.97. The molecule has 0 radical (unpaired) electrons. The number of nitrogen functional groups attached to an aromatic ring is 1. The Morgan fingerprint density at radius 2 is 2.00 bits per heavy atom. The van der Waals surface area contributed by atoms with Crippen molar-refractivity contribution in [1.29, 1.82) is 0 Å². The number of hydrazone groups is 1. The number of phenols is 1. The number of amides is 1. The van der Waals surface area contributed by atoms with Crippen LogP contribution in [0.4, 0.5) is 24.5 Å². The fourth-order valence-corrected chi connectivity index (χ4v) is 2.68. The molecule has 2 aromatic carbocycles. The zero-order valence-corrected chi connectivity index (χ0v) is 14.6. The molecule has 1 aliphatic heterocycles. The van der Waals surface area contributed by atoms with Crippen LogP contribution in [0, 0.1) is 0 Å². The van der Waals surface area contributed by atoms with Gasteiger partial charge in [-0.15, -0.1) is 0 Å². The lowest BCUT2D eigenvalue weighted by Gasteiger charge is -2.22. The number of hydrogen-bond acceptors (Lipinski definition) is 5. The van der Waals surface area contributed by atoms with Crippen LogP contribution in [0.15, 0.2) is 59.7 Å². The van der Waals surface area contributed by atoms with Crippen LogP contribution < -0.4 is 16.1 Å². The van der Waals surface area contributed by atoms with Crippen molar-refractivity contribution < 1.29 is 23.1 Å². The summed E-state index contributed by atoms with van der Waals surface area (Å²) < 4.78 is 38.6. The molecule has 146 valence electrons. The van der Waals surface area contributed by atoms with Crippen LogP contribution in [0.2, 0.25) is 0 Å². The van der Waals surface area contributed by atoms with Crippen molar-refractivity contribution in [3.63, 3.8) is 0 Å². The second-order valence-electron chi connectivity index (χ2n) is 6.10. The summed E-state index contributed by atoms with van der Waals surface area (Å²) in [6.45, 7) is 0.217. The molecular weight excluding hydrogens is 373 g/mol. The van der Waals surface area contributed by atoms with Gasteiger partial charge in [0.1, 0.15) is 17.1 Å². The summed E-state index contributed by atoms with van der Waals surface area (Å²) in [5.74, 6) is -0.548. The minimum atomic E-state index is -4.53. The topological polar surface area (TPSA) is 90.9 Å². The van der Waals surface area contributed by atoms with Gasteiger partial charge in [0, 0.05) is 12.2 Å². The van der Waals surface area contributed by atoms with E-state index in [0.29, 0.717) is 12.2 Å². The van der Waals surface area contributed by atoms with E-state index in [9.17, 15) is 23.1 Å². The molecule has 28 heavy (non-hydrogen) atoms. The zero-order valence-electron chi connectivity index (χ0n) is 14.6. The Morgan fingerprint density at radius 3 is 2.71 bits per heavy atom. The SMILES string of the molecule is Nc1cc(CNC(=O)C2=NN(c3ccccc3O)CC=C2)cc(C(F)(F)F)c1. The van der Waals surface area contributed by atoms with Gasteiger partial charge in [0.15, 0.2) is 0 Å². The third-order valence-corrected chi connectivity index (χ3v) is 3.97. The molecule has 0 fully saturated rings. The van der Waals surface area contributed by atoms with Gasteiger partial charge in [-0.25, -0.2) is 0 Å². The first-order chi connectivity index (χ1) is 13.2. The van der Waals surface area contributed by atoms with E-state index in [0.717, 1.165) is 12.1 Å². The molecule has 4 N–H and O–H groups in total. The van der Waals surface area contributed by atoms with Gasteiger partial charge in [0.2, 0.25) is 0 Å². The molecule has 0 bridgehead atoms. The fourth-order valence-electron chi connectivity index (χ4n) is 2.68. The molecule has 1 amide bonds. The van der Waals surface area contributed by atoms with Gasteiger partial charge in [0.25, 0.3) is 5.91 Å². The largest absolute Gasteiger partial charge is 0.506 e. The lowest BCUT2D eigenvalue weighted by molar-refractivity contribution is -0.137. The van der Waals surface area contributed by atoms with E-state index in [1.807, 2.05) is 0 Å². The van der Waals surface area contributed by atoms with Crippen molar-refractivity contribution in [3.8, 4) is 5.75 Å². The molecule has 0 atom stereocenters. The number of para-hydroxylation sites is 2. The molecule has 6 nitrogen and oxygen atoms in total. The third kappa shape index (κ3) is 4.43. The summed E-state index contributed by atoms with van der Waals surface area (Å²) in [5, 5.41) is 18.1. The normalized spacial score (nSPS) is 14.0. The number of aromatic hydroxyl groups is 1. The van der Waals surface area contributed by atoms with Crippen molar-refractivity contribution in [2.45, 2.75) is 12.7 Å². The highest BCUT2D eigenvalue weighted by Gasteiger charge is 2.31. The number of alkyl halides is 3. The maximum Gasteiger partial charge on any atom is 0.416 e. The van der Waals surface area contributed by atoms with Gasteiger partial charge in [-0.2, -0.15) is 18.3 Å². The molecule has 1 heterocycles. The van der Waals surface area contributed by atoms with Gasteiger partial charge >= 0.3 is 6.18 Å². The smallest absolute Gasteiger partial charge is 0.416 e.